The van der Waals surface area contributed by atoms with Crippen LogP contribution in [0.4, 0.5) is 5.13 Å². The molecule has 0 aliphatic carbocycles. The van der Waals surface area contributed by atoms with Gasteiger partial charge in [-0.15, -0.1) is 0 Å². The van der Waals surface area contributed by atoms with Crippen LogP contribution in [0.25, 0.3) is 10.2 Å². The Hall–Kier alpha value is -1.99. The number of likely N-dealkylation sites (N-methyl/N-ethyl adjacent to an activating group) is 1. The summed E-state index contributed by atoms with van der Waals surface area (Å²) in [5.41, 5.74) is 0.891. The van der Waals surface area contributed by atoms with Gasteiger partial charge in [0.2, 0.25) is 11.8 Å². The summed E-state index contributed by atoms with van der Waals surface area (Å²) < 4.78 is 1.05. The molecule has 1 unspecified atom stereocenters. The molecule has 0 spiro atoms. The van der Waals surface area contributed by atoms with Gasteiger partial charge >= 0.3 is 0 Å². The number of thiazole rings is 1. The summed E-state index contributed by atoms with van der Waals surface area (Å²) in [6.07, 6.45) is 0.454. The van der Waals surface area contributed by atoms with Crippen molar-refractivity contribution in [2.75, 3.05) is 32.0 Å². The average Bonchev–Trinajstić information content (AvgIpc) is 2.87. The van der Waals surface area contributed by atoms with E-state index < -0.39 is 0 Å². The highest BCUT2D eigenvalue weighted by atomic mass is 32.1. The highest BCUT2D eigenvalue weighted by molar-refractivity contribution is 7.22. The molecule has 1 aromatic carbocycles. The van der Waals surface area contributed by atoms with Crippen LogP contribution in [0.5, 0.6) is 0 Å². The summed E-state index contributed by atoms with van der Waals surface area (Å²) in [6.45, 7) is 3.84. The highest BCUT2D eigenvalue weighted by Crippen LogP contribution is 2.25. The van der Waals surface area contributed by atoms with Crippen LogP contribution in [-0.4, -0.2) is 59.3 Å². The van der Waals surface area contributed by atoms with Crippen LogP contribution in [0, 0.1) is 0 Å². The number of nitrogens with zero attached hydrogens (tertiary/aromatic N) is 3. The second-order valence-corrected chi connectivity index (χ2v) is 6.78. The van der Waals surface area contributed by atoms with Gasteiger partial charge in [0.15, 0.2) is 5.13 Å². The van der Waals surface area contributed by atoms with Gasteiger partial charge in [-0.2, -0.15) is 0 Å². The van der Waals surface area contributed by atoms with E-state index in [9.17, 15) is 9.59 Å². The molecule has 7 heteroatoms. The van der Waals surface area contributed by atoms with E-state index in [-0.39, 0.29) is 17.9 Å². The van der Waals surface area contributed by atoms with Crippen LogP contribution in [-0.2, 0) is 9.59 Å². The molecule has 2 heterocycles. The lowest BCUT2D eigenvalue weighted by molar-refractivity contribution is -0.129. The van der Waals surface area contributed by atoms with Gasteiger partial charge in [0.05, 0.1) is 16.3 Å². The molecular weight excluding hydrogens is 312 g/mol. The number of amides is 2. The highest BCUT2D eigenvalue weighted by Gasteiger charge is 2.26. The Kier molecular flexibility index (Phi) is 4.58. The van der Waals surface area contributed by atoms with Crippen LogP contribution in [0.2, 0.25) is 0 Å². The summed E-state index contributed by atoms with van der Waals surface area (Å²) >= 11 is 1.47. The Morgan fingerprint density at radius 2 is 2.09 bits per heavy atom. The minimum Gasteiger partial charge on any atom is -0.344 e. The lowest BCUT2D eigenvalue weighted by Crippen LogP contribution is -2.43. The Bertz CT molecular complexity index is 697. The Balaban J connectivity index is 1.66. The van der Waals surface area contributed by atoms with Crippen molar-refractivity contribution in [3.05, 3.63) is 24.3 Å². The molecule has 1 fully saturated rings. The van der Waals surface area contributed by atoms with Crippen molar-refractivity contribution in [2.24, 2.45) is 0 Å². The fourth-order valence-corrected chi connectivity index (χ4v) is 3.50. The Morgan fingerprint density at radius 3 is 2.87 bits per heavy atom. The van der Waals surface area contributed by atoms with Crippen molar-refractivity contribution < 1.29 is 9.59 Å². The third kappa shape index (κ3) is 3.51. The molecule has 0 radical (unpaired) electrons. The molecule has 1 aromatic heterocycles. The van der Waals surface area contributed by atoms with Crippen LogP contribution in [0.15, 0.2) is 24.3 Å². The molecule has 23 heavy (non-hydrogen) atoms. The summed E-state index contributed by atoms with van der Waals surface area (Å²) in [7, 11) is 1.80. The molecule has 0 saturated carbocycles. The van der Waals surface area contributed by atoms with E-state index in [1.165, 1.54) is 11.3 Å². The van der Waals surface area contributed by atoms with E-state index in [0.717, 1.165) is 10.2 Å². The summed E-state index contributed by atoms with van der Waals surface area (Å²) in [5.74, 6) is 0.0485. The number of anilines is 1. The average molecular weight is 332 g/mol. The maximum atomic E-state index is 12.5. The van der Waals surface area contributed by atoms with Crippen LogP contribution in [0.1, 0.15) is 13.3 Å². The lowest BCUT2D eigenvalue weighted by Gasteiger charge is -2.25. The lowest BCUT2D eigenvalue weighted by atomic mass is 10.2. The van der Waals surface area contributed by atoms with Gasteiger partial charge in [0.1, 0.15) is 0 Å². The van der Waals surface area contributed by atoms with Crippen molar-refractivity contribution in [2.45, 2.75) is 19.4 Å². The molecule has 1 aliphatic rings. The number of fused-ring (bicyclic) bond motifs is 1. The number of carbonyl (C=O) groups excluding carboxylic acids is 2. The summed E-state index contributed by atoms with van der Waals surface area (Å²) in [4.78, 5) is 32.4. The number of aromatic nitrogens is 1. The van der Waals surface area contributed by atoms with Crippen molar-refractivity contribution in [1.29, 1.82) is 0 Å². The number of benzene rings is 1. The predicted molar refractivity (Wildman–Crippen MR) is 91.5 cm³/mol. The molecular formula is C16H20N4O2S. The zero-order valence-corrected chi connectivity index (χ0v) is 14.1. The van der Waals surface area contributed by atoms with Gasteiger partial charge in [-0.05, 0) is 19.1 Å². The van der Waals surface area contributed by atoms with Gasteiger partial charge in [0.25, 0.3) is 0 Å². The van der Waals surface area contributed by atoms with Crippen molar-refractivity contribution in [3.63, 3.8) is 0 Å². The van der Waals surface area contributed by atoms with Crippen molar-refractivity contribution in [1.82, 2.24) is 14.8 Å². The number of nitrogens with one attached hydrogen (secondary N) is 1. The first kappa shape index (κ1) is 15.9. The summed E-state index contributed by atoms with van der Waals surface area (Å²) in [6, 6.07) is 7.52. The van der Waals surface area contributed by atoms with E-state index in [0.29, 0.717) is 31.2 Å². The van der Waals surface area contributed by atoms with Gasteiger partial charge in [-0.3, -0.25) is 14.5 Å². The molecule has 1 N–H and O–H groups in total. The second kappa shape index (κ2) is 6.64. The molecule has 3 rings (SSSR count). The predicted octanol–water partition coefficient (Wildman–Crippen LogP) is 1.79. The second-order valence-electron chi connectivity index (χ2n) is 5.75. The quantitative estimate of drug-likeness (QED) is 0.931. The van der Waals surface area contributed by atoms with Gasteiger partial charge < -0.3 is 10.2 Å². The normalized spacial score (nSPS) is 18.0. The smallest absolute Gasteiger partial charge is 0.243 e. The SMILES string of the molecule is CC(C(=O)Nc1nc2ccccc2s1)N1CCC(=O)N(C)CC1. The van der Waals surface area contributed by atoms with E-state index in [4.69, 9.17) is 0 Å². The molecule has 1 atom stereocenters. The summed E-state index contributed by atoms with van der Waals surface area (Å²) in [5, 5.41) is 3.52. The Morgan fingerprint density at radius 1 is 1.30 bits per heavy atom. The van der Waals surface area contributed by atoms with Crippen LogP contribution >= 0.6 is 11.3 Å². The van der Waals surface area contributed by atoms with Crippen molar-refractivity contribution >= 4 is 38.5 Å². The van der Waals surface area contributed by atoms with Crippen LogP contribution < -0.4 is 5.32 Å². The number of hydrogen-bond donors (Lipinski definition) is 1. The largest absolute Gasteiger partial charge is 0.344 e. The van der Waals surface area contributed by atoms with Gasteiger partial charge in [-0.1, -0.05) is 23.5 Å². The number of hydrogen-bond acceptors (Lipinski definition) is 5. The fraction of sp³-hybridized carbons (Fsp3) is 0.438. The van der Waals surface area contributed by atoms with Crippen LogP contribution in [0.3, 0.4) is 0 Å². The maximum Gasteiger partial charge on any atom is 0.243 e. The van der Waals surface area contributed by atoms with E-state index in [1.54, 1.807) is 11.9 Å². The Labute approximate surface area is 139 Å². The number of para-hydroxylation sites is 1. The monoisotopic (exact) mass is 332 g/mol. The third-order valence-electron chi connectivity index (χ3n) is 4.21. The zero-order chi connectivity index (χ0) is 16.4. The molecule has 2 aromatic rings. The first-order chi connectivity index (χ1) is 11.0. The molecule has 1 saturated heterocycles. The maximum absolute atomic E-state index is 12.5. The molecule has 2 amide bonds. The van der Waals surface area contributed by atoms with Gasteiger partial charge in [-0.25, -0.2) is 4.98 Å². The molecule has 1 aliphatic heterocycles. The first-order valence-corrected chi connectivity index (χ1v) is 8.50. The fourth-order valence-electron chi connectivity index (χ4n) is 2.63. The third-order valence-corrected chi connectivity index (χ3v) is 5.16. The van der Waals surface area contributed by atoms with Crippen molar-refractivity contribution in [3.8, 4) is 0 Å². The number of carbonyl (C=O) groups is 2. The zero-order valence-electron chi connectivity index (χ0n) is 13.3. The molecule has 0 bridgehead atoms. The standard InChI is InChI=1S/C16H20N4O2S/c1-11(20-8-7-14(21)19(2)9-10-20)15(22)18-16-17-12-5-3-4-6-13(12)23-16/h3-6,11H,7-10H2,1-2H3,(H,17,18,22). The van der Waals surface area contributed by atoms with E-state index in [1.807, 2.05) is 36.1 Å². The number of rotatable bonds is 3. The minimum atomic E-state index is -0.290. The molecule has 122 valence electrons. The van der Waals surface area contributed by atoms with Gasteiger partial charge in [0, 0.05) is 33.1 Å². The van der Waals surface area contributed by atoms with E-state index >= 15 is 0 Å². The molecule has 6 nitrogen and oxygen atoms in total. The van der Waals surface area contributed by atoms with E-state index in [2.05, 4.69) is 10.3 Å². The first-order valence-electron chi connectivity index (χ1n) is 7.69. The topological polar surface area (TPSA) is 65.5 Å². The minimum absolute atomic E-state index is 0.0824.